The van der Waals surface area contributed by atoms with E-state index in [1.807, 2.05) is 0 Å². The molecule has 2 aliphatic heterocycles. The summed E-state index contributed by atoms with van der Waals surface area (Å²) < 4.78 is 12.2. The number of para-hydroxylation sites is 6. The molecule has 0 aliphatic carbocycles. The number of hydrogen-bond acceptors (Lipinski definition) is 3. The van der Waals surface area contributed by atoms with Crippen molar-refractivity contribution < 1.29 is 4.42 Å². The molecule has 2 aliphatic rings. The van der Waals surface area contributed by atoms with E-state index in [2.05, 4.69) is 360 Å². The molecule has 462 valence electrons. The van der Waals surface area contributed by atoms with Gasteiger partial charge in [-0.05, 0) is 150 Å². The molecule has 3 aromatic heterocycles. The highest BCUT2D eigenvalue weighted by Crippen LogP contribution is 2.53. The molecular weight excluding hydrogens is 1160 g/mol. The summed E-state index contributed by atoms with van der Waals surface area (Å²) in [5, 5.41) is 7.04. The molecule has 0 saturated heterocycles. The van der Waals surface area contributed by atoms with Crippen LogP contribution >= 0.6 is 0 Å². The van der Waals surface area contributed by atoms with Crippen molar-refractivity contribution in [3.63, 3.8) is 0 Å². The van der Waals surface area contributed by atoms with E-state index in [0.29, 0.717) is 0 Å². The maximum Gasteiger partial charge on any atom is 0.252 e. The molecule has 96 heavy (non-hydrogen) atoms. The fraction of sp³-hybridized carbons (Fsp3) is 0.133. The highest BCUT2D eigenvalue weighted by molar-refractivity contribution is 7.00. The van der Waals surface area contributed by atoms with Crippen LogP contribution in [0.1, 0.15) is 79.0 Å². The van der Waals surface area contributed by atoms with Crippen LogP contribution in [0.15, 0.2) is 283 Å². The first kappa shape index (κ1) is 57.6. The number of furan rings is 1. The summed E-state index contributed by atoms with van der Waals surface area (Å²) >= 11 is 0. The summed E-state index contributed by atoms with van der Waals surface area (Å²) in [6, 6.07) is 105. The Morgan fingerprint density at radius 2 is 0.771 bits per heavy atom. The van der Waals surface area contributed by atoms with Gasteiger partial charge in [-0.1, -0.05) is 263 Å². The lowest BCUT2D eigenvalue weighted by atomic mass is 9.33. The zero-order chi connectivity index (χ0) is 65.1. The van der Waals surface area contributed by atoms with Gasteiger partial charge in [0.1, 0.15) is 5.58 Å². The van der Waals surface area contributed by atoms with Gasteiger partial charge in [0.2, 0.25) is 0 Å². The van der Waals surface area contributed by atoms with Crippen molar-refractivity contribution in [1.29, 1.82) is 0 Å². The van der Waals surface area contributed by atoms with Gasteiger partial charge in [0.15, 0.2) is 5.58 Å². The fourth-order valence-electron chi connectivity index (χ4n) is 15.8. The van der Waals surface area contributed by atoms with Gasteiger partial charge in [0.25, 0.3) is 6.71 Å². The van der Waals surface area contributed by atoms with Gasteiger partial charge < -0.3 is 23.4 Å². The molecule has 5 heterocycles. The first-order valence-electron chi connectivity index (χ1n) is 33.9. The van der Waals surface area contributed by atoms with Crippen LogP contribution in [0.2, 0.25) is 0 Å². The summed E-state index contributed by atoms with van der Waals surface area (Å²) in [5.74, 6) is 0. The second kappa shape index (κ2) is 21.2. The number of benzene rings is 13. The molecule has 0 spiro atoms. The van der Waals surface area contributed by atoms with Crippen molar-refractivity contribution in [2.45, 2.75) is 78.6 Å². The third-order valence-electron chi connectivity index (χ3n) is 20.7. The Morgan fingerprint density at radius 3 is 1.36 bits per heavy atom. The lowest BCUT2D eigenvalue weighted by Crippen LogP contribution is -2.61. The Bertz CT molecular complexity index is 5760. The smallest absolute Gasteiger partial charge is 0.252 e. The largest absolute Gasteiger partial charge is 0.454 e. The van der Waals surface area contributed by atoms with Crippen LogP contribution in [0.25, 0.3) is 110 Å². The van der Waals surface area contributed by atoms with Crippen molar-refractivity contribution >= 4 is 123 Å². The summed E-state index contributed by atoms with van der Waals surface area (Å²) in [7, 11) is 0. The average Bonchev–Trinajstić information content (AvgIpc) is 0.871. The fourth-order valence-corrected chi connectivity index (χ4v) is 15.8. The van der Waals surface area contributed by atoms with E-state index in [0.717, 1.165) is 101 Å². The van der Waals surface area contributed by atoms with Crippen LogP contribution in [0, 0.1) is 0 Å². The van der Waals surface area contributed by atoms with Crippen LogP contribution in [-0.2, 0) is 16.2 Å². The summed E-state index contributed by atoms with van der Waals surface area (Å²) in [6.45, 7) is 20.9. The topological polar surface area (TPSA) is 29.5 Å². The minimum atomic E-state index is -0.288. The molecule has 0 radical (unpaired) electrons. The molecular formula is C90H73BN4O. The Labute approximate surface area is 561 Å². The second-order valence-electron chi connectivity index (χ2n) is 29.7. The zero-order valence-corrected chi connectivity index (χ0v) is 55.8. The molecule has 0 fully saturated rings. The van der Waals surface area contributed by atoms with Gasteiger partial charge in [-0.2, -0.15) is 0 Å². The minimum Gasteiger partial charge on any atom is -0.454 e. The standard InChI is InChI=1S/C90H73BN4O/c1-88(2,3)60-47-59(48-61(50-60)89(4,5)6)58-43-45-73-80(49-58)94(77-41-26-38-70-69-35-21-24-42-84(69)96-87(70)77)82-51-62(90(7,8)9)52-83-85(82)91(73)74-46-44-64(53-81(74)95(83)86-65(56-27-13-10-14-28-56)36-25-37-66(86)57-29-15-11-16-30-57)93-76-40-23-20-34-68(76)72-54-78-71(55-79(72)93)67-33-19-22-39-75(67)92(78)63-31-17-12-18-32-63/h10-55H,1-9H3. The Morgan fingerprint density at radius 1 is 0.292 bits per heavy atom. The van der Waals surface area contributed by atoms with Gasteiger partial charge in [0.05, 0.1) is 33.4 Å². The highest BCUT2D eigenvalue weighted by Gasteiger charge is 2.46. The third-order valence-corrected chi connectivity index (χ3v) is 20.7. The summed E-state index contributed by atoms with van der Waals surface area (Å²) in [5.41, 5.74) is 29.4. The van der Waals surface area contributed by atoms with Gasteiger partial charge >= 0.3 is 0 Å². The van der Waals surface area contributed by atoms with Crippen LogP contribution in [0.3, 0.4) is 0 Å². The number of nitrogens with zero attached hydrogens (tertiary/aromatic N) is 4. The lowest BCUT2D eigenvalue weighted by molar-refractivity contribution is 0.569. The van der Waals surface area contributed by atoms with Crippen molar-refractivity contribution in [2.75, 3.05) is 9.80 Å². The summed E-state index contributed by atoms with van der Waals surface area (Å²) in [4.78, 5) is 5.26. The van der Waals surface area contributed by atoms with E-state index in [9.17, 15) is 0 Å². The van der Waals surface area contributed by atoms with E-state index >= 15 is 0 Å². The molecule has 16 aromatic rings. The average molecular weight is 1240 g/mol. The number of aromatic nitrogens is 2. The van der Waals surface area contributed by atoms with Gasteiger partial charge in [-0.25, -0.2) is 0 Å². The zero-order valence-electron chi connectivity index (χ0n) is 55.8. The Balaban J connectivity index is 0.977. The van der Waals surface area contributed by atoms with Gasteiger partial charge in [-0.15, -0.1) is 0 Å². The predicted octanol–water partition coefficient (Wildman–Crippen LogP) is 22.8. The third kappa shape index (κ3) is 8.91. The van der Waals surface area contributed by atoms with Crippen LogP contribution in [0.5, 0.6) is 0 Å². The van der Waals surface area contributed by atoms with Crippen LogP contribution in [-0.4, -0.2) is 15.8 Å². The maximum atomic E-state index is 7.18. The molecule has 0 amide bonds. The minimum absolute atomic E-state index is 0.0732. The predicted molar refractivity (Wildman–Crippen MR) is 409 cm³/mol. The molecule has 6 heteroatoms. The molecule has 0 bridgehead atoms. The van der Waals surface area contributed by atoms with E-state index in [4.69, 9.17) is 4.42 Å². The quantitative estimate of drug-likeness (QED) is 0.149. The molecule has 18 rings (SSSR count). The molecule has 0 atom stereocenters. The normalized spacial score (nSPS) is 13.2. The van der Waals surface area contributed by atoms with Crippen molar-refractivity contribution in [2.24, 2.45) is 0 Å². The maximum absolute atomic E-state index is 7.18. The SMILES string of the molecule is CC(C)(C)c1cc(-c2ccc3c(c2)N(c2cccc4c2oc2ccccc24)c2cc(C(C)(C)C)cc4c2B3c2ccc(-n3c5ccccc5c5cc6c(cc53)c3ccccc3n6-c3ccccc3)cc2N4c2c(-c3ccccc3)cccc2-c2ccccc2)cc(C(C)(C)C)c1. The lowest BCUT2D eigenvalue weighted by Gasteiger charge is -2.46. The molecule has 13 aromatic carbocycles. The van der Waals surface area contributed by atoms with E-state index in [1.54, 1.807) is 0 Å². The number of fused-ring (bicyclic) bond motifs is 13. The first-order valence-corrected chi connectivity index (χ1v) is 33.9. The molecule has 5 nitrogen and oxygen atoms in total. The van der Waals surface area contributed by atoms with Crippen molar-refractivity contribution in [1.82, 2.24) is 9.13 Å². The van der Waals surface area contributed by atoms with E-state index in [-0.39, 0.29) is 23.0 Å². The molecule has 0 N–H and O–H groups in total. The number of rotatable bonds is 7. The molecule has 0 unspecified atom stereocenters. The monoisotopic (exact) mass is 1240 g/mol. The van der Waals surface area contributed by atoms with E-state index in [1.165, 1.54) is 76.8 Å². The van der Waals surface area contributed by atoms with Crippen molar-refractivity contribution in [3.8, 4) is 44.8 Å². The van der Waals surface area contributed by atoms with E-state index < -0.39 is 0 Å². The number of anilines is 6. The first-order chi connectivity index (χ1) is 46.5. The van der Waals surface area contributed by atoms with Crippen LogP contribution < -0.4 is 26.2 Å². The Kier molecular flexibility index (Phi) is 12.7. The highest BCUT2D eigenvalue weighted by atomic mass is 16.3. The second-order valence-corrected chi connectivity index (χ2v) is 29.7. The van der Waals surface area contributed by atoms with Crippen LogP contribution in [0.4, 0.5) is 34.1 Å². The number of hydrogen-bond donors (Lipinski definition) is 0. The molecule has 0 saturated carbocycles. The summed E-state index contributed by atoms with van der Waals surface area (Å²) in [6.07, 6.45) is 0. The van der Waals surface area contributed by atoms with Gasteiger partial charge in [0, 0.05) is 77.6 Å². The van der Waals surface area contributed by atoms with Crippen molar-refractivity contribution in [3.05, 3.63) is 296 Å². The Hall–Kier alpha value is -11.1. The van der Waals surface area contributed by atoms with Gasteiger partial charge in [-0.3, -0.25) is 0 Å².